The maximum absolute atomic E-state index is 12.8. The van der Waals surface area contributed by atoms with E-state index in [0.717, 1.165) is 32.1 Å². The monoisotopic (exact) mass is 941 g/mol. The standard InChI is InChI=1S/C56H110NO7P/c1-6-8-10-12-14-16-18-20-22-24-26-27-28-29-30-32-34-36-38-40-42-44-46-48-51-61-53-55(54-63-65(59,60)62-52-50-57(3,4)5)64-56(58)49-47-45-43-41-39-37-35-33-31-25-23-21-19-17-15-13-11-9-7-2/h21,23-24,26,55H,6-20,22,25,27-54H2,1-5H3/p+1/b23-21-,26-24-. The summed E-state index contributed by atoms with van der Waals surface area (Å²) in [6, 6.07) is 0. The van der Waals surface area contributed by atoms with Crippen molar-refractivity contribution in [2.45, 2.75) is 277 Å². The number of hydrogen-bond donors (Lipinski definition) is 1. The molecule has 0 amide bonds. The maximum Gasteiger partial charge on any atom is 0.472 e. The predicted octanol–water partition coefficient (Wildman–Crippen LogP) is 17.5. The van der Waals surface area contributed by atoms with Crippen LogP contribution in [0.5, 0.6) is 0 Å². The molecular weight excluding hydrogens is 830 g/mol. The molecule has 2 atom stereocenters. The zero-order valence-electron chi connectivity index (χ0n) is 44.0. The van der Waals surface area contributed by atoms with E-state index >= 15 is 0 Å². The molecule has 0 aromatic heterocycles. The Morgan fingerprint density at radius 3 is 1.17 bits per heavy atom. The fourth-order valence-electron chi connectivity index (χ4n) is 8.13. The number of phosphoric acid groups is 1. The molecule has 0 heterocycles. The van der Waals surface area contributed by atoms with E-state index in [9.17, 15) is 14.3 Å². The summed E-state index contributed by atoms with van der Waals surface area (Å²) >= 11 is 0. The van der Waals surface area contributed by atoms with Gasteiger partial charge in [-0.15, -0.1) is 0 Å². The van der Waals surface area contributed by atoms with E-state index in [1.165, 1.54) is 218 Å². The van der Waals surface area contributed by atoms with Crippen molar-refractivity contribution in [1.29, 1.82) is 0 Å². The number of carbonyl (C=O) groups is 1. The van der Waals surface area contributed by atoms with Crippen LogP contribution in [0.15, 0.2) is 24.3 Å². The van der Waals surface area contributed by atoms with Gasteiger partial charge in [-0.05, 0) is 64.2 Å². The first kappa shape index (κ1) is 64.0. The Morgan fingerprint density at radius 2 is 0.800 bits per heavy atom. The Morgan fingerprint density at radius 1 is 0.462 bits per heavy atom. The number of phosphoric ester groups is 1. The summed E-state index contributed by atoms with van der Waals surface area (Å²) in [6.45, 7) is 5.67. The number of rotatable bonds is 53. The van der Waals surface area contributed by atoms with Gasteiger partial charge in [0.1, 0.15) is 19.3 Å². The molecule has 0 saturated carbocycles. The van der Waals surface area contributed by atoms with Gasteiger partial charge in [-0.3, -0.25) is 13.8 Å². The number of hydrogen-bond acceptors (Lipinski definition) is 6. The van der Waals surface area contributed by atoms with Crippen LogP contribution in [0, 0.1) is 0 Å². The first-order chi connectivity index (χ1) is 31.6. The third-order valence-corrected chi connectivity index (χ3v) is 13.5. The third-order valence-electron chi connectivity index (χ3n) is 12.5. The number of carbonyl (C=O) groups excluding carboxylic acids is 1. The molecular formula is C56H111NO7P+. The molecule has 386 valence electrons. The summed E-state index contributed by atoms with van der Waals surface area (Å²) in [7, 11) is 1.68. The molecule has 8 nitrogen and oxygen atoms in total. The Balaban J connectivity index is 4.06. The van der Waals surface area contributed by atoms with Gasteiger partial charge >= 0.3 is 13.8 Å². The fraction of sp³-hybridized carbons (Fsp3) is 0.911. The van der Waals surface area contributed by atoms with E-state index in [-0.39, 0.29) is 25.8 Å². The van der Waals surface area contributed by atoms with E-state index in [1.54, 1.807) is 0 Å². The van der Waals surface area contributed by atoms with Crippen LogP contribution in [0.2, 0.25) is 0 Å². The summed E-state index contributed by atoms with van der Waals surface area (Å²) in [4.78, 5) is 23.0. The lowest BCUT2D eigenvalue weighted by Gasteiger charge is -2.24. The lowest BCUT2D eigenvalue weighted by molar-refractivity contribution is -0.870. The van der Waals surface area contributed by atoms with Crippen LogP contribution in [0.25, 0.3) is 0 Å². The molecule has 65 heavy (non-hydrogen) atoms. The minimum atomic E-state index is -4.28. The molecule has 0 aromatic rings. The first-order valence-corrected chi connectivity index (χ1v) is 29.6. The SMILES string of the molecule is CCCCCCCC/C=C\CCCCCCCCCCCC(=O)OC(COCCCCCCCCCCCCCC/C=C\CCCCCCCCCC)COP(=O)(O)OCC[N+](C)(C)C. The van der Waals surface area contributed by atoms with E-state index in [2.05, 4.69) is 38.2 Å². The van der Waals surface area contributed by atoms with E-state index in [4.69, 9.17) is 18.5 Å². The van der Waals surface area contributed by atoms with Gasteiger partial charge in [0.15, 0.2) is 0 Å². The minimum absolute atomic E-state index is 0.0902. The Labute approximate surface area is 404 Å². The second kappa shape index (κ2) is 49.4. The molecule has 1 N–H and O–H groups in total. The molecule has 0 radical (unpaired) electrons. The highest BCUT2D eigenvalue weighted by Gasteiger charge is 2.26. The Hall–Kier alpha value is -1.02. The van der Waals surface area contributed by atoms with E-state index < -0.39 is 13.9 Å². The molecule has 0 aliphatic rings. The minimum Gasteiger partial charge on any atom is -0.457 e. The van der Waals surface area contributed by atoms with Gasteiger partial charge in [-0.1, -0.05) is 224 Å². The van der Waals surface area contributed by atoms with Gasteiger partial charge < -0.3 is 18.9 Å². The average Bonchev–Trinajstić information content (AvgIpc) is 3.27. The van der Waals surface area contributed by atoms with Crippen LogP contribution in [0.4, 0.5) is 0 Å². The lowest BCUT2D eigenvalue weighted by atomic mass is 10.0. The molecule has 2 unspecified atom stereocenters. The van der Waals surface area contributed by atoms with Crippen LogP contribution in [0.1, 0.15) is 271 Å². The number of allylic oxidation sites excluding steroid dienone is 4. The van der Waals surface area contributed by atoms with Crippen molar-refractivity contribution >= 4 is 13.8 Å². The number of unbranched alkanes of at least 4 members (excludes halogenated alkanes) is 35. The van der Waals surface area contributed by atoms with Gasteiger partial charge in [0.05, 0.1) is 34.4 Å². The second-order valence-corrected chi connectivity index (χ2v) is 21.8. The second-order valence-electron chi connectivity index (χ2n) is 20.3. The summed E-state index contributed by atoms with van der Waals surface area (Å²) in [5, 5.41) is 0. The average molecular weight is 941 g/mol. The normalized spacial score (nSPS) is 13.6. The molecule has 0 aliphatic heterocycles. The van der Waals surface area contributed by atoms with Crippen LogP contribution < -0.4 is 0 Å². The Kier molecular flexibility index (Phi) is 48.6. The van der Waals surface area contributed by atoms with Crippen molar-refractivity contribution < 1.29 is 37.3 Å². The zero-order chi connectivity index (χ0) is 47.6. The number of ether oxygens (including phenoxy) is 2. The topological polar surface area (TPSA) is 91.3 Å². The molecule has 9 heteroatoms. The van der Waals surface area contributed by atoms with Crippen LogP contribution in [-0.2, 0) is 27.9 Å². The van der Waals surface area contributed by atoms with Crippen LogP contribution in [-0.4, -0.2) is 75.6 Å². The van der Waals surface area contributed by atoms with Gasteiger partial charge in [0.25, 0.3) is 0 Å². The summed E-state index contributed by atoms with van der Waals surface area (Å²) in [5.74, 6) is -0.311. The molecule has 0 bridgehead atoms. The molecule has 0 aromatic carbocycles. The van der Waals surface area contributed by atoms with Crippen molar-refractivity contribution in [3.05, 3.63) is 24.3 Å². The van der Waals surface area contributed by atoms with Gasteiger partial charge in [0.2, 0.25) is 0 Å². The van der Waals surface area contributed by atoms with Gasteiger partial charge in [-0.2, -0.15) is 0 Å². The molecule has 0 fully saturated rings. The van der Waals surface area contributed by atoms with Crippen LogP contribution in [0.3, 0.4) is 0 Å². The number of esters is 1. The molecule has 0 saturated heterocycles. The largest absolute Gasteiger partial charge is 0.472 e. The molecule has 0 rings (SSSR count). The van der Waals surface area contributed by atoms with Gasteiger partial charge in [0, 0.05) is 13.0 Å². The first-order valence-electron chi connectivity index (χ1n) is 28.1. The van der Waals surface area contributed by atoms with Crippen LogP contribution >= 0.6 is 7.82 Å². The quantitative estimate of drug-likeness (QED) is 0.0213. The van der Waals surface area contributed by atoms with E-state index in [0.29, 0.717) is 24.1 Å². The Bertz CT molecular complexity index is 1090. The summed E-state index contributed by atoms with van der Waals surface area (Å²) in [5.41, 5.74) is 0. The van der Waals surface area contributed by atoms with Crippen molar-refractivity contribution in [2.24, 2.45) is 0 Å². The maximum atomic E-state index is 12.8. The predicted molar refractivity (Wildman–Crippen MR) is 280 cm³/mol. The number of nitrogens with zero attached hydrogens (tertiary/aromatic N) is 1. The number of quaternary nitrogens is 1. The summed E-state index contributed by atoms with van der Waals surface area (Å²) in [6.07, 6.45) is 59.5. The third kappa shape index (κ3) is 53.8. The highest BCUT2D eigenvalue weighted by molar-refractivity contribution is 7.47. The lowest BCUT2D eigenvalue weighted by Crippen LogP contribution is -2.37. The summed E-state index contributed by atoms with van der Waals surface area (Å²) < 4.78 is 35.2. The van der Waals surface area contributed by atoms with Crippen molar-refractivity contribution in [2.75, 3.05) is 54.1 Å². The molecule has 0 spiro atoms. The highest BCUT2D eigenvalue weighted by Crippen LogP contribution is 2.43. The highest BCUT2D eigenvalue weighted by atomic mass is 31.2. The van der Waals surface area contributed by atoms with Crippen molar-refractivity contribution in [1.82, 2.24) is 0 Å². The van der Waals surface area contributed by atoms with Gasteiger partial charge in [-0.25, -0.2) is 4.57 Å². The smallest absolute Gasteiger partial charge is 0.457 e. The van der Waals surface area contributed by atoms with E-state index in [1.807, 2.05) is 21.1 Å². The van der Waals surface area contributed by atoms with Crippen molar-refractivity contribution in [3.8, 4) is 0 Å². The molecule has 0 aliphatic carbocycles. The van der Waals surface area contributed by atoms with Crippen molar-refractivity contribution in [3.63, 3.8) is 0 Å². The fourth-order valence-corrected chi connectivity index (χ4v) is 8.87. The zero-order valence-corrected chi connectivity index (χ0v) is 44.9. The number of likely N-dealkylation sites (N-methyl/N-ethyl adjacent to an activating group) is 1.